The van der Waals surface area contributed by atoms with Gasteiger partial charge in [-0.15, -0.1) is 0 Å². The molecule has 0 aliphatic carbocycles. The molecule has 2 rings (SSSR count). The molecule has 0 radical (unpaired) electrons. The Morgan fingerprint density at radius 3 is 2.37 bits per heavy atom. The van der Waals surface area contributed by atoms with Gasteiger partial charge in [-0.1, -0.05) is 25.4 Å². The van der Waals surface area contributed by atoms with E-state index in [-0.39, 0.29) is 11.8 Å². The van der Waals surface area contributed by atoms with Crippen molar-refractivity contribution < 1.29 is 23.6 Å². The Bertz CT molecular complexity index is 766. The van der Waals surface area contributed by atoms with E-state index in [0.29, 0.717) is 43.1 Å². The Balaban J connectivity index is 2.15. The van der Waals surface area contributed by atoms with Crippen molar-refractivity contribution in [2.24, 2.45) is 5.92 Å². The minimum Gasteiger partial charge on any atom is -0.444 e. The van der Waals surface area contributed by atoms with Crippen molar-refractivity contribution in [3.63, 3.8) is 0 Å². The van der Waals surface area contributed by atoms with E-state index in [1.54, 1.807) is 34.6 Å². The molecule has 4 amide bonds. The average molecular weight is 424 g/mol. The van der Waals surface area contributed by atoms with Crippen LogP contribution in [0.25, 0.3) is 0 Å². The van der Waals surface area contributed by atoms with Crippen LogP contribution in [0.3, 0.4) is 0 Å². The highest BCUT2D eigenvalue weighted by Crippen LogP contribution is 2.22. The zero-order valence-electron chi connectivity index (χ0n) is 18.9. The van der Waals surface area contributed by atoms with Crippen LogP contribution in [0, 0.1) is 19.8 Å². The van der Waals surface area contributed by atoms with E-state index in [0.717, 1.165) is 0 Å². The molecule has 1 fully saturated rings. The SMILES string of the molecule is CCC(C)C(NC(=O)OC(C)(C)C)C(=O)N1CCCN1C(=O)Nc1c(C)noc1C. The Labute approximate surface area is 177 Å². The fourth-order valence-electron chi connectivity index (χ4n) is 3.16. The van der Waals surface area contributed by atoms with Crippen molar-refractivity contribution in [2.45, 2.75) is 73.0 Å². The molecular weight excluding hydrogens is 390 g/mol. The number of aromatic nitrogens is 1. The number of nitrogens with one attached hydrogen (secondary N) is 2. The van der Waals surface area contributed by atoms with Crippen LogP contribution in [0.15, 0.2) is 4.52 Å². The quantitative estimate of drug-likeness (QED) is 0.751. The Hall–Kier alpha value is -2.78. The first kappa shape index (κ1) is 23.5. The molecule has 2 heterocycles. The predicted molar refractivity (Wildman–Crippen MR) is 111 cm³/mol. The summed E-state index contributed by atoms with van der Waals surface area (Å²) in [7, 11) is 0. The van der Waals surface area contributed by atoms with Crippen LogP contribution in [0.4, 0.5) is 15.3 Å². The molecule has 1 aromatic heterocycles. The molecule has 0 bridgehead atoms. The zero-order chi connectivity index (χ0) is 22.6. The van der Waals surface area contributed by atoms with Gasteiger partial charge in [-0.2, -0.15) is 0 Å². The average Bonchev–Trinajstić information content (AvgIpc) is 3.26. The van der Waals surface area contributed by atoms with Crippen LogP contribution in [0.5, 0.6) is 0 Å². The topological polar surface area (TPSA) is 117 Å². The molecule has 0 saturated carbocycles. The highest BCUT2D eigenvalue weighted by molar-refractivity contribution is 5.93. The third kappa shape index (κ3) is 5.64. The van der Waals surface area contributed by atoms with E-state index in [9.17, 15) is 14.4 Å². The first-order valence-electron chi connectivity index (χ1n) is 10.3. The van der Waals surface area contributed by atoms with E-state index in [1.807, 2.05) is 13.8 Å². The zero-order valence-corrected chi connectivity index (χ0v) is 18.9. The molecule has 10 nitrogen and oxygen atoms in total. The first-order valence-corrected chi connectivity index (χ1v) is 10.3. The molecular formula is C20H33N5O5. The maximum Gasteiger partial charge on any atom is 0.408 e. The molecule has 30 heavy (non-hydrogen) atoms. The molecule has 2 unspecified atom stereocenters. The number of aryl methyl sites for hydroxylation is 2. The van der Waals surface area contributed by atoms with Gasteiger partial charge in [-0.05, 0) is 47.0 Å². The summed E-state index contributed by atoms with van der Waals surface area (Å²) in [6.45, 7) is 13.3. The van der Waals surface area contributed by atoms with Crippen molar-refractivity contribution in [1.82, 2.24) is 20.5 Å². The van der Waals surface area contributed by atoms with Crippen molar-refractivity contribution in [3.05, 3.63) is 11.5 Å². The molecule has 1 aliphatic rings. The number of carbonyl (C=O) groups is 3. The fraction of sp³-hybridized carbons (Fsp3) is 0.700. The summed E-state index contributed by atoms with van der Waals surface area (Å²) in [5.74, 6) is 0.00158. The second-order valence-corrected chi connectivity index (χ2v) is 8.58. The van der Waals surface area contributed by atoms with Crippen LogP contribution in [0.1, 0.15) is 58.9 Å². The van der Waals surface area contributed by atoms with E-state index in [1.165, 1.54) is 10.0 Å². The minimum absolute atomic E-state index is 0.141. The van der Waals surface area contributed by atoms with Crippen molar-refractivity contribution in [3.8, 4) is 0 Å². The van der Waals surface area contributed by atoms with Gasteiger partial charge in [0.1, 0.15) is 23.0 Å². The van der Waals surface area contributed by atoms with Crippen molar-refractivity contribution in [1.29, 1.82) is 0 Å². The van der Waals surface area contributed by atoms with Gasteiger partial charge in [-0.25, -0.2) is 19.6 Å². The molecule has 0 spiro atoms. The molecule has 2 atom stereocenters. The molecule has 168 valence electrons. The fourth-order valence-corrected chi connectivity index (χ4v) is 3.16. The lowest BCUT2D eigenvalue weighted by Crippen LogP contribution is -2.56. The summed E-state index contributed by atoms with van der Waals surface area (Å²) in [4.78, 5) is 38.4. The predicted octanol–water partition coefficient (Wildman–Crippen LogP) is 3.21. The standard InChI is InChI=1S/C20H33N5O5/c1-8-12(2)15(22-19(28)29-20(5,6)7)17(26)24-10-9-11-25(24)18(27)21-16-13(3)23-30-14(16)4/h12,15H,8-11H2,1-7H3,(H,21,27)(H,22,28). The number of rotatable bonds is 5. The first-order chi connectivity index (χ1) is 13.9. The summed E-state index contributed by atoms with van der Waals surface area (Å²) in [5.41, 5.74) is 0.368. The van der Waals surface area contributed by atoms with Crippen molar-refractivity contribution in [2.75, 3.05) is 18.4 Å². The number of ether oxygens (including phenoxy) is 1. The third-order valence-electron chi connectivity index (χ3n) is 4.94. The Morgan fingerprint density at radius 2 is 1.83 bits per heavy atom. The van der Waals surface area contributed by atoms with E-state index in [4.69, 9.17) is 9.26 Å². The van der Waals surface area contributed by atoms with Gasteiger partial charge in [-0.3, -0.25) is 4.79 Å². The van der Waals surface area contributed by atoms with Crippen LogP contribution < -0.4 is 10.6 Å². The minimum atomic E-state index is -0.808. The van der Waals surface area contributed by atoms with Gasteiger partial charge in [0, 0.05) is 13.1 Å². The lowest BCUT2D eigenvalue weighted by Gasteiger charge is -2.33. The summed E-state index contributed by atoms with van der Waals surface area (Å²) >= 11 is 0. The number of carbonyl (C=O) groups excluding carboxylic acids is 3. The Kier molecular flexibility index (Phi) is 7.33. The highest BCUT2D eigenvalue weighted by atomic mass is 16.6. The van der Waals surface area contributed by atoms with Gasteiger partial charge in [0.2, 0.25) is 0 Å². The second-order valence-electron chi connectivity index (χ2n) is 8.58. The monoisotopic (exact) mass is 423 g/mol. The summed E-state index contributed by atoms with van der Waals surface area (Å²) in [5, 5.41) is 12.0. The second kappa shape index (κ2) is 9.36. The lowest BCUT2D eigenvalue weighted by atomic mass is 9.98. The normalized spacial score (nSPS) is 16.2. The van der Waals surface area contributed by atoms with Gasteiger partial charge >= 0.3 is 12.1 Å². The van der Waals surface area contributed by atoms with Gasteiger partial charge in [0.15, 0.2) is 5.76 Å². The van der Waals surface area contributed by atoms with Gasteiger partial charge in [0.05, 0.1) is 0 Å². The van der Waals surface area contributed by atoms with Crippen LogP contribution in [-0.4, -0.2) is 57.9 Å². The van der Waals surface area contributed by atoms with Crippen LogP contribution in [-0.2, 0) is 9.53 Å². The number of amides is 4. The van der Waals surface area contributed by atoms with Gasteiger partial charge < -0.3 is 19.9 Å². The van der Waals surface area contributed by atoms with Crippen molar-refractivity contribution >= 4 is 23.7 Å². The number of anilines is 1. The number of hydrogen-bond acceptors (Lipinski definition) is 6. The maximum atomic E-state index is 13.3. The highest BCUT2D eigenvalue weighted by Gasteiger charge is 2.38. The van der Waals surface area contributed by atoms with E-state index in [2.05, 4.69) is 15.8 Å². The summed E-state index contributed by atoms with van der Waals surface area (Å²) < 4.78 is 10.4. The number of hydrogen-bond donors (Lipinski definition) is 2. The van der Waals surface area contributed by atoms with Gasteiger partial charge in [0.25, 0.3) is 5.91 Å². The number of alkyl carbamates (subject to hydrolysis) is 1. The van der Waals surface area contributed by atoms with Crippen LogP contribution in [0.2, 0.25) is 0 Å². The number of hydrazine groups is 1. The summed E-state index contributed by atoms with van der Waals surface area (Å²) in [6, 6.07) is -1.26. The number of nitrogens with zero attached hydrogens (tertiary/aromatic N) is 3. The molecule has 10 heteroatoms. The third-order valence-corrected chi connectivity index (χ3v) is 4.94. The molecule has 0 aromatic carbocycles. The maximum absolute atomic E-state index is 13.3. The Morgan fingerprint density at radius 1 is 1.20 bits per heavy atom. The van der Waals surface area contributed by atoms with E-state index < -0.39 is 23.8 Å². The molecule has 1 aliphatic heterocycles. The van der Waals surface area contributed by atoms with Crippen LogP contribution >= 0.6 is 0 Å². The number of urea groups is 1. The lowest BCUT2D eigenvalue weighted by molar-refractivity contribution is -0.143. The smallest absolute Gasteiger partial charge is 0.408 e. The molecule has 1 saturated heterocycles. The molecule has 1 aromatic rings. The largest absolute Gasteiger partial charge is 0.444 e. The summed E-state index contributed by atoms with van der Waals surface area (Å²) in [6.07, 6.45) is 0.651. The molecule has 2 N–H and O–H groups in total. The van der Waals surface area contributed by atoms with E-state index >= 15 is 0 Å².